The summed E-state index contributed by atoms with van der Waals surface area (Å²) in [6, 6.07) is 0. The lowest BCUT2D eigenvalue weighted by atomic mass is 9.81. The molecule has 0 aromatic rings. The molecule has 0 radical (unpaired) electrons. The Kier molecular flexibility index (Phi) is 5.22. The maximum absolute atomic E-state index is 12.2. The second-order valence-corrected chi connectivity index (χ2v) is 6.65. The smallest absolute Gasteiger partial charge is 0.312 e. The Hall–Kier alpha value is -1.13. The average Bonchev–Trinajstić information content (AvgIpc) is 2.48. The molecule has 1 fully saturated rings. The molecule has 0 N–H and O–H groups in total. The van der Waals surface area contributed by atoms with Gasteiger partial charge in [-0.3, -0.25) is 4.79 Å². The number of rotatable bonds is 4. The zero-order valence-electron chi connectivity index (χ0n) is 13.4. The first-order valence-electron chi connectivity index (χ1n) is 7.69. The van der Waals surface area contributed by atoms with E-state index in [9.17, 15) is 4.79 Å². The first-order chi connectivity index (χ1) is 9.91. The zero-order chi connectivity index (χ0) is 15.5. The van der Waals surface area contributed by atoms with E-state index in [2.05, 4.69) is 12.2 Å². The number of carbonyl (C=O) groups is 1. The molecule has 1 aliphatic heterocycles. The van der Waals surface area contributed by atoms with Gasteiger partial charge in [-0.05, 0) is 26.2 Å². The summed E-state index contributed by atoms with van der Waals surface area (Å²) in [5.74, 6) is 0.287. The summed E-state index contributed by atoms with van der Waals surface area (Å²) < 4.78 is 17.0. The van der Waals surface area contributed by atoms with Crippen molar-refractivity contribution in [3.8, 4) is 0 Å². The van der Waals surface area contributed by atoms with Gasteiger partial charge in [-0.1, -0.05) is 38.2 Å². The van der Waals surface area contributed by atoms with Crippen LogP contribution in [0.25, 0.3) is 0 Å². The summed E-state index contributed by atoms with van der Waals surface area (Å²) in [5.41, 5.74) is -0.492. The molecule has 0 bridgehead atoms. The van der Waals surface area contributed by atoms with Crippen LogP contribution in [0.4, 0.5) is 0 Å². The van der Waals surface area contributed by atoms with Crippen molar-refractivity contribution in [3.05, 3.63) is 24.3 Å². The third kappa shape index (κ3) is 3.95. The number of carbonyl (C=O) groups excluding carboxylic acids is 1. The first kappa shape index (κ1) is 16.2. The summed E-state index contributed by atoms with van der Waals surface area (Å²) in [6.07, 6.45) is 8.62. The van der Waals surface area contributed by atoms with Crippen LogP contribution in [0.1, 0.15) is 34.1 Å². The lowest BCUT2D eigenvalue weighted by Crippen LogP contribution is -2.44. The first-order valence-corrected chi connectivity index (χ1v) is 7.69. The van der Waals surface area contributed by atoms with Crippen LogP contribution in [0.15, 0.2) is 24.3 Å². The number of ether oxygens (including phenoxy) is 3. The molecule has 1 saturated heterocycles. The normalized spacial score (nSPS) is 29.7. The van der Waals surface area contributed by atoms with E-state index in [0.717, 1.165) is 6.42 Å². The molecule has 0 amide bonds. The molecule has 2 aliphatic rings. The quantitative estimate of drug-likeness (QED) is 0.747. The van der Waals surface area contributed by atoms with Crippen molar-refractivity contribution in [2.45, 2.75) is 46.5 Å². The lowest BCUT2D eigenvalue weighted by molar-refractivity contribution is -0.241. The Morgan fingerprint density at radius 3 is 2.43 bits per heavy atom. The Morgan fingerprint density at radius 1 is 1.24 bits per heavy atom. The molecular formula is C17H26O4. The van der Waals surface area contributed by atoms with Crippen LogP contribution in [0.3, 0.4) is 0 Å². The molecule has 2 rings (SSSR count). The minimum absolute atomic E-state index is 0.186. The van der Waals surface area contributed by atoms with Crippen LogP contribution in [-0.4, -0.2) is 31.6 Å². The van der Waals surface area contributed by atoms with E-state index in [1.165, 1.54) is 0 Å². The fourth-order valence-electron chi connectivity index (χ4n) is 2.16. The monoisotopic (exact) mass is 294 g/mol. The largest absolute Gasteiger partial charge is 0.457 e. The fraction of sp³-hybridized carbons (Fsp3) is 0.706. The Labute approximate surface area is 127 Å². The summed E-state index contributed by atoms with van der Waals surface area (Å²) in [4.78, 5) is 12.2. The predicted octanol–water partition coefficient (Wildman–Crippen LogP) is 3.09. The van der Waals surface area contributed by atoms with Crippen molar-refractivity contribution < 1.29 is 19.0 Å². The number of hydrogen-bond acceptors (Lipinski definition) is 4. The van der Waals surface area contributed by atoms with Gasteiger partial charge in [0, 0.05) is 5.92 Å². The summed E-state index contributed by atoms with van der Waals surface area (Å²) in [6.45, 7) is 8.67. The van der Waals surface area contributed by atoms with E-state index in [1.807, 2.05) is 39.8 Å². The van der Waals surface area contributed by atoms with Gasteiger partial charge in [0.15, 0.2) is 6.29 Å². The van der Waals surface area contributed by atoms with E-state index in [0.29, 0.717) is 13.2 Å². The van der Waals surface area contributed by atoms with Crippen molar-refractivity contribution in [1.82, 2.24) is 0 Å². The Balaban J connectivity index is 1.80. The summed E-state index contributed by atoms with van der Waals surface area (Å²) in [7, 11) is 0. The minimum Gasteiger partial charge on any atom is -0.457 e. The van der Waals surface area contributed by atoms with Crippen LogP contribution < -0.4 is 0 Å². The van der Waals surface area contributed by atoms with Gasteiger partial charge in [-0.15, -0.1) is 0 Å². The van der Waals surface area contributed by atoms with Crippen LogP contribution in [0.5, 0.6) is 0 Å². The SMILES string of the molecule is CC(C)C(C)(C)C(=O)OC1COC(C2C=CC=CC2)OC1. The standard InChI is InChI=1S/C17H26O4/c1-12(2)17(3,4)16(18)21-14-10-19-15(20-11-14)13-8-6-5-7-9-13/h5-8,12-15H,9-11H2,1-4H3. The van der Waals surface area contributed by atoms with Crippen LogP contribution in [0, 0.1) is 17.3 Å². The minimum atomic E-state index is -0.492. The average molecular weight is 294 g/mol. The maximum atomic E-state index is 12.2. The van der Waals surface area contributed by atoms with E-state index < -0.39 is 5.41 Å². The molecule has 1 heterocycles. The van der Waals surface area contributed by atoms with Crippen LogP contribution in [0.2, 0.25) is 0 Å². The van der Waals surface area contributed by atoms with Crippen LogP contribution >= 0.6 is 0 Å². The molecule has 21 heavy (non-hydrogen) atoms. The predicted molar refractivity (Wildman–Crippen MR) is 80.6 cm³/mol. The van der Waals surface area contributed by atoms with E-state index >= 15 is 0 Å². The Morgan fingerprint density at radius 2 is 1.90 bits per heavy atom. The summed E-state index contributed by atoms with van der Waals surface area (Å²) >= 11 is 0. The zero-order valence-corrected chi connectivity index (χ0v) is 13.4. The highest BCUT2D eigenvalue weighted by atomic mass is 16.7. The highest BCUT2D eigenvalue weighted by Gasteiger charge is 2.36. The topological polar surface area (TPSA) is 44.8 Å². The van der Waals surface area contributed by atoms with Gasteiger partial charge in [0.25, 0.3) is 0 Å². The Bertz CT molecular complexity index is 415. The van der Waals surface area contributed by atoms with Gasteiger partial charge in [0.1, 0.15) is 6.10 Å². The van der Waals surface area contributed by atoms with Crippen molar-refractivity contribution in [1.29, 1.82) is 0 Å². The van der Waals surface area contributed by atoms with E-state index in [4.69, 9.17) is 14.2 Å². The molecule has 1 atom stereocenters. The van der Waals surface area contributed by atoms with Crippen molar-refractivity contribution in [2.75, 3.05) is 13.2 Å². The van der Waals surface area contributed by atoms with Gasteiger partial charge in [-0.25, -0.2) is 0 Å². The molecule has 1 unspecified atom stereocenters. The number of esters is 1. The number of hydrogen-bond donors (Lipinski definition) is 0. The van der Waals surface area contributed by atoms with Crippen molar-refractivity contribution in [2.24, 2.45) is 17.3 Å². The third-order valence-corrected chi connectivity index (χ3v) is 4.50. The fourth-order valence-corrected chi connectivity index (χ4v) is 2.16. The molecule has 4 heteroatoms. The third-order valence-electron chi connectivity index (χ3n) is 4.50. The number of allylic oxidation sites excluding steroid dienone is 3. The van der Waals surface area contributed by atoms with E-state index in [-0.39, 0.29) is 30.2 Å². The van der Waals surface area contributed by atoms with E-state index in [1.54, 1.807) is 0 Å². The molecule has 0 aromatic heterocycles. The highest BCUT2D eigenvalue weighted by molar-refractivity contribution is 5.76. The molecule has 0 aromatic carbocycles. The molecule has 1 aliphatic carbocycles. The molecular weight excluding hydrogens is 268 g/mol. The maximum Gasteiger partial charge on any atom is 0.312 e. The van der Waals surface area contributed by atoms with Crippen molar-refractivity contribution >= 4 is 5.97 Å². The van der Waals surface area contributed by atoms with Crippen molar-refractivity contribution in [3.63, 3.8) is 0 Å². The molecule has 0 spiro atoms. The van der Waals surface area contributed by atoms with Gasteiger partial charge in [-0.2, -0.15) is 0 Å². The molecule has 118 valence electrons. The lowest BCUT2D eigenvalue weighted by Gasteiger charge is -2.35. The second kappa shape index (κ2) is 6.75. The summed E-state index contributed by atoms with van der Waals surface area (Å²) in [5, 5.41) is 0. The van der Waals surface area contributed by atoms with Crippen LogP contribution in [-0.2, 0) is 19.0 Å². The van der Waals surface area contributed by atoms with Gasteiger partial charge < -0.3 is 14.2 Å². The highest BCUT2D eigenvalue weighted by Crippen LogP contribution is 2.29. The molecule has 0 saturated carbocycles. The second-order valence-electron chi connectivity index (χ2n) is 6.65. The molecule has 4 nitrogen and oxygen atoms in total. The van der Waals surface area contributed by atoms with Gasteiger partial charge >= 0.3 is 5.97 Å². The van der Waals surface area contributed by atoms with Gasteiger partial charge in [0.05, 0.1) is 18.6 Å². The van der Waals surface area contributed by atoms with Gasteiger partial charge in [0.2, 0.25) is 0 Å².